The number of unbranched alkanes of at least 4 members (excludes halogenated alkanes) is 4. The molecule has 2 N–H and O–H groups in total. The Morgan fingerprint density at radius 3 is 1.98 bits per heavy atom. The van der Waals surface area contributed by atoms with Crippen molar-refractivity contribution in [2.75, 3.05) is 26.3 Å². The lowest BCUT2D eigenvalue weighted by Gasteiger charge is -2.39. The summed E-state index contributed by atoms with van der Waals surface area (Å²) in [5.41, 5.74) is -0.235. The van der Waals surface area contributed by atoms with E-state index in [1.165, 1.54) is 10.5 Å². The minimum absolute atomic E-state index is 0.0149. The van der Waals surface area contributed by atoms with Gasteiger partial charge in [-0.05, 0) is 118 Å². The Hall–Kier alpha value is -2.50. The summed E-state index contributed by atoms with van der Waals surface area (Å²) < 4.78 is 46.8. The van der Waals surface area contributed by atoms with Gasteiger partial charge in [-0.1, -0.05) is 49.2 Å². The molecule has 2 unspecified atom stereocenters. The average molecular weight is 738 g/mol. The maximum Gasteiger partial charge on any atom is 0.467 e. The van der Waals surface area contributed by atoms with Crippen LogP contribution in [0.4, 0.5) is 4.79 Å². The highest BCUT2D eigenvalue weighted by Crippen LogP contribution is 2.36. The van der Waals surface area contributed by atoms with Gasteiger partial charge in [-0.15, -0.1) is 0 Å². The smallest absolute Gasteiger partial charge is 0.444 e. The maximum absolute atomic E-state index is 13.2. The predicted octanol–water partition coefficient (Wildman–Crippen LogP) is 8.36. The molecule has 0 saturated heterocycles. The Morgan fingerprint density at radius 2 is 1.41 bits per heavy atom. The quantitative estimate of drug-likeness (QED) is 0.0690. The Morgan fingerprint density at radius 1 is 0.804 bits per heavy atom. The van der Waals surface area contributed by atoms with Crippen LogP contribution >= 0.6 is 8.69 Å². The molecule has 2 atom stereocenters. The van der Waals surface area contributed by atoms with Crippen molar-refractivity contribution in [1.82, 2.24) is 4.90 Å². The molecule has 12 heteroatoms. The number of carbonyl (C=O) groups excluding carboxylic acids is 1. The van der Waals surface area contributed by atoms with E-state index in [9.17, 15) is 19.6 Å². The zero-order valence-corrected chi connectivity index (χ0v) is 33.5. The second kappa shape index (κ2) is 21.3. The first-order chi connectivity index (χ1) is 23.9. The van der Waals surface area contributed by atoms with Crippen LogP contribution in [0.25, 0.3) is 0 Å². The van der Waals surface area contributed by atoms with Crippen LogP contribution < -0.4 is 4.74 Å². The monoisotopic (exact) mass is 737 g/mol. The molecule has 0 aliphatic heterocycles. The average Bonchev–Trinajstić information content (AvgIpc) is 3.01. The molecule has 0 heterocycles. The van der Waals surface area contributed by atoms with Gasteiger partial charge in [0.15, 0.2) is 8.69 Å². The molecule has 2 aromatic carbocycles. The van der Waals surface area contributed by atoms with Gasteiger partial charge in [0.25, 0.3) is 0 Å². The Balaban J connectivity index is 2.01. The lowest BCUT2D eigenvalue weighted by Crippen LogP contribution is -2.51. The highest BCUT2D eigenvalue weighted by atomic mass is 31.1. The number of hydrogen-bond donors (Lipinski definition) is 2. The summed E-state index contributed by atoms with van der Waals surface area (Å²) in [5.74, 6) is 0.148. The van der Waals surface area contributed by atoms with Gasteiger partial charge in [-0.25, -0.2) is 9.32 Å². The SMILES string of the molecule is CC(C)(C)OC(=O)N(CCCCCCOCCCCc1ccccc1)CC(O)c1ccc(OC(O[PH2]=O)(OC(C)(C)C)OC(C)(C)C)c(CO)c1. The van der Waals surface area contributed by atoms with E-state index in [0.717, 1.165) is 51.6 Å². The first kappa shape index (κ1) is 44.7. The van der Waals surface area contributed by atoms with Crippen LogP contribution in [0.3, 0.4) is 0 Å². The number of hydrogen-bond acceptors (Lipinski definition) is 10. The van der Waals surface area contributed by atoms with Crippen molar-refractivity contribution in [3.63, 3.8) is 0 Å². The number of amides is 1. The van der Waals surface area contributed by atoms with Gasteiger partial charge in [-0.2, -0.15) is 0 Å². The second-order valence-electron chi connectivity index (χ2n) is 15.7. The fraction of sp³-hybridized carbons (Fsp3) is 0.667. The van der Waals surface area contributed by atoms with Crippen LogP contribution in [0.15, 0.2) is 48.5 Å². The van der Waals surface area contributed by atoms with E-state index >= 15 is 0 Å². The minimum atomic E-state index is -2.17. The Labute approximate surface area is 307 Å². The largest absolute Gasteiger partial charge is 0.467 e. The fourth-order valence-electron chi connectivity index (χ4n) is 5.15. The van der Waals surface area contributed by atoms with Crippen LogP contribution in [0.2, 0.25) is 0 Å². The standard InChI is InChI=1S/C39H64NO10P/c1-36(2,3)47-35(43)40(24-16-10-11-17-25-45-26-18-15-21-30-19-13-12-14-20-30)28-33(42)31-22-23-34(32(27-31)29-41)46-39(50-51-44,48-37(4,5)6)49-38(7,8)9/h12-14,19-20,22-23,27,33,41-42H,10-11,15-18,21,24-26,28-29,51H2,1-9H3. The van der Waals surface area contributed by atoms with Gasteiger partial charge in [-0.3, -0.25) is 14.0 Å². The number of aliphatic hydroxyl groups excluding tert-OH is 2. The van der Waals surface area contributed by atoms with Crippen LogP contribution in [0.5, 0.6) is 5.75 Å². The summed E-state index contributed by atoms with van der Waals surface area (Å²) in [6, 6.07) is 15.2. The maximum atomic E-state index is 13.2. The van der Waals surface area contributed by atoms with Gasteiger partial charge in [0, 0.05) is 25.3 Å². The van der Waals surface area contributed by atoms with E-state index in [1.807, 2.05) is 6.07 Å². The lowest BCUT2D eigenvalue weighted by atomic mass is 10.0. The number of nitrogens with zero attached hydrogens (tertiary/aromatic N) is 1. The van der Waals surface area contributed by atoms with Crippen molar-refractivity contribution in [3.05, 3.63) is 65.2 Å². The van der Waals surface area contributed by atoms with Crippen molar-refractivity contribution in [2.45, 2.75) is 143 Å². The first-order valence-electron chi connectivity index (χ1n) is 18.1. The van der Waals surface area contributed by atoms with E-state index in [-0.39, 0.29) is 12.3 Å². The van der Waals surface area contributed by atoms with E-state index in [2.05, 4.69) is 24.3 Å². The van der Waals surface area contributed by atoms with Gasteiger partial charge in [0.05, 0.1) is 30.5 Å². The molecule has 0 fully saturated rings. The molecule has 0 aliphatic carbocycles. The molecule has 0 aromatic heterocycles. The molecule has 2 rings (SSSR count). The zero-order chi connectivity index (χ0) is 38.1. The summed E-state index contributed by atoms with van der Waals surface area (Å²) in [4.78, 5) is 14.7. The van der Waals surface area contributed by atoms with Crippen molar-refractivity contribution in [2.24, 2.45) is 0 Å². The summed E-state index contributed by atoms with van der Waals surface area (Å²) >= 11 is 0. The van der Waals surface area contributed by atoms with Crippen molar-refractivity contribution >= 4 is 14.8 Å². The predicted molar refractivity (Wildman–Crippen MR) is 200 cm³/mol. The third kappa shape index (κ3) is 18.7. The minimum Gasteiger partial charge on any atom is -0.444 e. The third-order valence-corrected chi connectivity index (χ3v) is 7.67. The number of ether oxygens (including phenoxy) is 5. The molecular formula is C39H64NO10P. The highest BCUT2D eigenvalue weighted by molar-refractivity contribution is 7.17. The number of aryl methyl sites for hydroxylation is 1. The molecule has 2 aromatic rings. The van der Waals surface area contributed by atoms with Gasteiger partial charge < -0.3 is 29.3 Å². The van der Waals surface area contributed by atoms with Gasteiger partial charge >= 0.3 is 12.3 Å². The molecule has 290 valence electrons. The number of benzene rings is 2. The van der Waals surface area contributed by atoms with Crippen molar-refractivity contribution in [1.29, 1.82) is 0 Å². The molecule has 51 heavy (non-hydrogen) atoms. The zero-order valence-electron chi connectivity index (χ0n) is 32.4. The van der Waals surface area contributed by atoms with E-state index in [4.69, 9.17) is 28.2 Å². The first-order valence-corrected chi connectivity index (χ1v) is 19.0. The molecular weight excluding hydrogens is 673 g/mol. The Kier molecular flexibility index (Phi) is 18.6. The second-order valence-corrected chi connectivity index (χ2v) is 16.1. The summed E-state index contributed by atoms with van der Waals surface area (Å²) in [7, 11) is -1.80. The lowest BCUT2D eigenvalue weighted by molar-refractivity contribution is -0.478. The van der Waals surface area contributed by atoms with Crippen LogP contribution in [0, 0.1) is 0 Å². The van der Waals surface area contributed by atoms with Gasteiger partial charge in [0.2, 0.25) is 0 Å². The fourth-order valence-corrected chi connectivity index (χ4v) is 5.41. The summed E-state index contributed by atoms with van der Waals surface area (Å²) in [5, 5.41) is 21.6. The summed E-state index contributed by atoms with van der Waals surface area (Å²) in [6.07, 6.45) is 2.98. The molecule has 11 nitrogen and oxygen atoms in total. The molecule has 0 saturated carbocycles. The Bertz CT molecular complexity index is 1290. The van der Waals surface area contributed by atoms with Crippen LogP contribution in [0.1, 0.15) is 124 Å². The molecule has 0 radical (unpaired) electrons. The van der Waals surface area contributed by atoms with E-state index < -0.39 is 50.5 Å². The van der Waals surface area contributed by atoms with Crippen LogP contribution in [-0.4, -0.2) is 70.5 Å². The van der Waals surface area contributed by atoms with Crippen molar-refractivity contribution in [3.8, 4) is 5.75 Å². The number of carbonyl (C=O) groups is 1. The number of aliphatic hydroxyl groups is 2. The molecule has 1 amide bonds. The highest BCUT2D eigenvalue weighted by Gasteiger charge is 2.45. The molecule has 0 bridgehead atoms. The van der Waals surface area contributed by atoms with E-state index in [1.54, 1.807) is 80.5 Å². The topological polar surface area (TPSA) is 133 Å². The molecule has 0 aliphatic rings. The molecule has 0 spiro atoms. The van der Waals surface area contributed by atoms with E-state index in [0.29, 0.717) is 24.3 Å². The van der Waals surface area contributed by atoms with Crippen LogP contribution in [-0.2, 0) is 41.1 Å². The summed E-state index contributed by atoms with van der Waals surface area (Å²) in [6.45, 7) is 17.5. The number of rotatable bonds is 22. The van der Waals surface area contributed by atoms with Gasteiger partial charge in [0.1, 0.15) is 11.4 Å². The third-order valence-electron chi connectivity index (χ3n) is 7.29. The van der Waals surface area contributed by atoms with Crippen molar-refractivity contribution < 1.29 is 47.8 Å². The normalized spacial score (nSPS) is 13.5.